The zero-order chi connectivity index (χ0) is 21.5. The molecule has 2 aromatic rings. The minimum atomic E-state index is -0.355. The van der Waals surface area contributed by atoms with Crippen LogP contribution in [0.25, 0.3) is 0 Å². The molecule has 0 unspecified atom stereocenters. The van der Waals surface area contributed by atoms with Crippen molar-refractivity contribution in [3.63, 3.8) is 0 Å². The second kappa shape index (κ2) is 10.4. The molecule has 1 amide bonds. The lowest BCUT2D eigenvalue weighted by Gasteiger charge is -2.29. The molecule has 0 N–H and O–H groups in total. The summed E-state index contributed by atoms with van der Waals surface area (Å²) in [5, 5.41) is 0. The third-order valence-electron chi connectivity index (χ3n) is 5.02. The quantitative estimate of drug-likeness (QED) is 0.472. The average molecular weight is 430 g/mol. The van der Waals surface area contributed by atoms with E-state index in [9.17, 15) is 9.59 Å². The molecule has 0 saturated heterocycles. The van der Waals surface area contributed by atoms with E-state index in [4.69, 9.17) is 14.2 Å². The highest BCUT2D eigenvalue weighted by molar-refractivity contribution is 7.99. The highest BCUT2D eigenvalue weighted by atomic mass is 32.2. The van der Waals surface area contributed by atoms with Crippen molar-refractivity contribution < 1.29 is 23.8 Å². The van der Waals surface area contributed by atoms with E-state index in [1.807, 2.05) is 43.3 Å². The van der Waals surface area contributed by atoms with Gasteiger partial charge in [0.25, 0.3) is 5.91 Å². The smallest absolute Gasteiger partial charge is 0.307 e. The van der Waals surface area contributed by atoms with Gasteiger partial charge in [-0.1, -0.05) is 17.7 Å². The minimum absolute atomic E-state index is 0.185. The third-order valence-corrected chi connectivity index (χ3v) is 6.04. The molecule has 0 radical (unpaired) electrons. The van der Waals surface area contributed by atoms with Gasteiger partial charge >= 0.3 is 5.97 Å². The Morgan fingerprint density at radius 3 is 2.37 bits per heavy atom. The predicted molar refractivity (Wildman–Crippen MR) is 116 cm³/mol. The van der Waals surface area contributed by atoms with Crippen LogP contribution in [0.3, 0.4) is 0 Å². The maximum atomic E-state index is 12.5. The number of fused-ring (bicyclic) bond motifs is 1. The number of esters is 1. The molecule has 0 fully saturated rings. The maximum Gasteiger partial charge on any atom is 0.307 e. The first-order valence-corrected chi connectivity index (χ1v) is 10.9. The fourth-order valence-electron chi connectivity index (χ4n) is 3.29. The van der Waals surface area contributed by atoms with E-state index in [1.54, 1.807) is 30.9 Å². The van der Waals surface area contributed by atoms with Crippen LogP contribution in [0.5, 0.6) is 11.5 Å². The molecule has 0 spiro atoms. The monoisotopic (exact) mass is 429 g/mol. The number of carbonyl (C=O) groups excluding carboxylic acids is 2. The average Bonchev–Trinajstić information content (AvgIpc) is 2.77. The topological polar surface area (TPSA) is 65.1 Å². The lowest BCUT2D eigenvalue weighted by Crippen LogP contribution is -2.38. The van der Waals surface area contributed by atoms with E-state index in [1.165, 1.54) is 5.56 Å². The molecule has 3 rings (SSSR count). The Kier molecular flexibility index (Phi) is 7.63. The van der Waals surface area contributed by atoms with Crippen LogP contribution in [0, 0.1) is 6.92 Å². The van der Waals surface area contributed by atoms with Gasteiger partial charge in [0.05, 0.1) is 20.6 Å². The van der Waals surface area contributed by atoms with Crippen LogP contribution in [0.4, 0.5) is 0 Å². The number of hydrogen-bond donors (Lipinski definition) is 0. The predicted octanol–water partition coefficient (Wildman–Crippen LogP) is 3.62. The summed E-state index contributed by atoms with van der Waals surface area (Å²) in [4.78, 5) is 27.3. The summed E-state index contributed by atoms with van der Waals surface area (Å²) < 4.78 is 15.9. The van der Waals surface area contributed by atoms with Gasteiger partial charge in [0.15, 0.2) is 18.1 Å². The zero-order valence-corrected chi connectivity index (χ0v) is 18.4. The summed E-state index contributed by atoms with van der Waals surface area (Å²) in [6, 6.07) is 12.0. The van der Waals surface area contributed by atoms with Gasteiger partial charge in [-0.25, -0.2) is 0 Å². The normalized spacial score (nSPS) is 12.8. The molecule has 0 aliphatic carbocycles. The Bertz CT molecular complexity index is 897. The number of methoxy groups -OCH3 is 2. The van der Waals surface area contributed by atoms with Gasteiger partial charge in [-0.2, -0.15) is 0 Å². The summed E-state index contributed by atoms with van der Waals surface area (Å²) in [5.41, 5.74) is 3.37. The summed E-state index contributed by atoms with van der Waals surface area (Å²) in [5.74, 6) is 1.41. The molecule has 2 aromatic carbocycles. The largest absolute Gasteiger partial charge is 0.493 e. The molecule has 7 heteroatoms. The van der Waals surface area contributed by atoms with Crippen molar-refractivity contribution in [3.8, 4) is 11.5 Å². The molecule has 6 nitrogen and oxygen atoms in total. The number of amides is 1. The Morgan fingerprint density at radius 2 is 1.70 bits per heavy atom. The van der Waals surface area contributed by atoms with Crippen molar-refractivity contribution in [3.05, 3.63) is 53.1 Å². The second-order valence-corrected chi connectivity index (χ2v) is 8.28. The van der Waals surface area contributed by atoms with Crippen LogP contribution in [-0.4, -0.2) is 49.9 Å². The molecule has 160 valence electrons. The van der Waals surface area contributed by atoms with E-state index in [2.05, 4.69) is 0 Å². The number of benzene rings is 2. The van der Waals surface area contributed by atoms with Crippen molar-refractivity contribution in [1.29, 1.82) is 0 Å². The lowest BCUT2D eigenvalue weighted by molar-refractivity contribution is -0.152. The highest BCUT2D eigenvalue weighted by Crippen LogP contribution is 2.33. The van der Waals surface area contributed by atoms with E-state index >= 15 is 0 Å². The first-order chi connectivity index (χ1) is 14.5. The Morgan fingerprint density at radius 1 is 1.03 bits per heavy atom. The summed E-state index contributed by atoms with van der Waals surface area (Å²) >= 11 is 1.60. The fraction of sp³-hybridized carbons (Fsp3) is 0.391. The molecular formula is C23H27NO5S. The van der Waals surface area contributed by atoms with Gasteiger partial charge < -0.3 is 19.1 Å². The van der Waals surface area contributed by atoms with Gasteiger partial charge in [0.1, 0.15) is 0 Å². The lowest BCUT2D eigenvalue weighted by atomic mass is 9.99. The number of nitrogens with zero attached hydrogens (tertiary/aromatic N) is 1. The van der Waals surface area contributed by atoms with E-state index in [-0.39, 0.29) is 24.9 Å². The van der Waals surface area contributed by atoms with Crippen molar-refractivity contribution in [2.75, 3.05) is 33.1 Å². The number of aryl methyl sites for hydroxylation is 1. The number of thioether (sulfide) groups is 1. The number of rotatable bonds is 8. The number of hydrogen-bond acceptors (Lipinski definition) is 6. The van der Waals surface area contributed by atoms with E-state index < -0.39 is 0 Å². The molecule has 30 heavy (non-hydrogen) atoms. The van der Waals surface area contributed by atoms with Crippen molar-refractivity contribution >= 4 is 23.6 Å². The number of ether oxygens (including phenoxy) is 3. The molecule has 0 saturated carbocycles. The van der Waals surface area contributed by atoms with Gasteiger partial charge in [0, 0.05) is 23.7 Å². The molecule has 0 bridgehead atoms. The highest BCUT2D eigenvalue weighted by Gasteiger charge is 2.23. The van der Waals surface area contributed by atoms with Crippen LogP contribution < -0.4 is 9.47 Å². The van der Waals surface area contributed by atoms with Gasteiger partial charge in [0.2, 0.25) is 0 Å². The van der Waals surface area contributed by atoms with Gasteiger partial charge in [-0.15, -0.1) is 11.8 Å². The van der Waals surface area contributed by atoms with Gasteiger partial charge in [-0.3, -0.25) is 9.59 Å². The molecule has 0 aromatic heterocycles. The summed E-state index contributed by atoms with van der Waals surface area (Å²) in [7, 11) is 3.20. The van der Waals surface area contributed by atoms with Crippen LogP contribution >= 0.6 is 11.8 Å². The fourth-order valence-corrected chi connectivity index (χ4v) is 4.12. The van der Waals surface area contributed by atoms with Crippen molar-refractivity contribution in [1.82, 2.24) is 4.90 Å². The van der Waals surface area contributed by atoms with Gasteiger partial charge in [-0.05, 0) is 48.7 Å². The van der Waals surface area contributed by atoms with Crippen molar-refractivity contribution in [2.45, 2.75) is 31.2 Å². The van der Waals surface area contributed by atoms with E-state index in [0.717, 1.165) is 22.4 Å². The molecule has 0 atom stereocenters. The Labute approximate surface area is 181 Å². The van der Waals surface area contributed by atoms with Crippen LogP contribution in [0.15, 0.2) is 41.3 Å². The van der Waals surface area contributed by atoms with Crippen LogP contribution in [-0.2, 0) is 27.3 Å². The van der Waals surface area contributed by atoms with Crippen LogP contribution in [0.1, 0.15) is 23.1 Å². The first kappa shape index (κ1) is 22.0. The first-order valence-electron chi connectivity index (χ1n) is 9.86. The molecule has 1 heterocycles. The summed E-state index contributed by atoms with van der Waals surface area (Å²) in [6.45, 7) is 2.87. The SMILES string of the molecule is COc1cc2c(cc1OC)CN(C(=O)COC(=O)CCSc1ccc(C)cc1)CC2. The minimum Gasteiger partial charge on any atom is -0.493 e. The van der Waals surface area contributed by atoms with E-state index in [0.29, 0.717) is 30.3 Å². The summed E-state index contributed by atoms with van der Waals surface area (Å²) in [6.07, 6.45) is 0.994. The molecular weight excluding hydrogens is 402 g/mol. The Balaban J connectivity index is 1.45. The second-order valence-electron chi connectivity index (χ2n) is 7.11. The maximum absolute atomic E-state index is 12.5. The molecule has 1 aliphatic rings. The van der Waals surface area contributed by atoms with Crippen LogP contribution in [0.2, 0.25) is 0 Å². The standard InChI is InChI=1S/C23H27NO5S/c1-16-4-6-19(7-5-16)30-11-9-23(26)29-15-22(25)24-10-8-17-12-20(27-2)21(28-3)13-18(17)14-24/h4-7,12-13H,8-11,14-15H2,1-3H3. The third kappa shape index (κ3) is 5.69. The van der Waals surface area contributed by atoms with Crippen molar-refractivity contribution in [2.24, 2.45) is 0 Å². The number of carbonyl (C=O) groups is 2. The zero-order valence-electron chi connectivity index (χ0n) is 17.6. The molecule has 1 aliphatic heterocycles. The Hall–Kier alpha value is -2.67.